The Morgan fingerprint density at radius 3 is 2.50 bits per heavy atom. The third kappa shape index (κ3) is 7.27. The molecule has 1 aliphatic rings. The number of hydrogen-bond donors (Lipinski definition) is 2. The van der Waals surface area contributed by atoms with Gasteiger partial charge < -0.3 is 15.5 Å². The number of halogens is 2. The van der Waals surface area contributed by atoms with Crippen molar-refractivity contribution in [3.05, 3.63) is 71.0 Å². The molecule has 0 radical (unpaired) electrons. The fraction of sp³-hybridized carbons (Fsp3) is 0.391. The van der Waals surface area contributed by atoms with Gasteiger partial charge >= 0.3 is 0 Å². The maximum Gasteiger partial charge on any atom is 0.222 e. The Kier molecular flexibility index (Phi) is 10.1. The maximum atomic E-state index is 13.7. The summed E-state index contributed by atoms with van der Waals surface area (Å²) in [5.41, 5.74) is 2.94. The van der Waals surface area contributed by atoms with E-state index in [2.05, 4.69) is 39.9 Å². The van der Waals surface area contributed by atoms with E-state index in [1.807, 2.05) is 17.9 Å². The molecule has 0 spiro atoms. The molecule has 3 rings (SSSR count). The molecule has 1 heterocycles. The van der Waals surface area contributed by atoms with Crippen molar-refractivity contribution < 1.29 is 9.18 Å². The Morgan fingerprint density at radius 2 is 1.83 bits per heavy atom. The zero-order valence-electron chi connectivity index (χ0n) is 17.4. The Hall–Kier alpha value is -2.16. The molecule has 162 valence electrons. The average Bonchev–Trinajstić information content (AvgIpc) is 3.13. The quantitative estimate of drug-likeness (QED) is 0.313. The molecule has 2 N–H and O–H groups in total. The Morgan fingerprint density at radius 1 is 1.10 bits per heavy atom. The molecule has 0 bridgehead atoms. The van der Waals surface area contributed by atoms with Gasteiger partial charge in [-0.3, -0.25) is 4.79 Å². The van der Waals surface area contributed by atoms with Gasteiger partial charge in [-0.25, -0.2) is 9.38 Å². The molecular weight excluding hydrogens is 494 g/mol. The van der Waals surface area contributed by atoms with Crippen molar-refractivity contribution in [3.8, 4) is 0 Å². The molecule has 0 atom stereocenters. The molecule has 0 saturated carbocycles. The van der Waals surface area contributed by atoms with Crippen LogP contribution in [0.4, 0.5) is 4.39 Å². The smallest absolute Gasteiger partial charge is 0.222 e. The third-order valence-corrected chi connectivity index (χ3v) is 4.98. The fourth-order valence-corrected chi connectivity index (χ4v) is 3.37. The van der Waals surface area contributed by atoms with Crippen molar-refractivity contribution in [3.63, 3.8) is 0 Å². The van der Waals surface area contributed by atoms with Crippen molar-refractivity contribution in [2.24, 2.45) is 4.99 Å². The lowest BCUT2D eigenvalue weighted by atomic mass is 10.1. The highest BCUT2D eigenvalue weighted by atomic mass is 127. The summed E-state index contributed by atoms with van der Waals surface area (Å²) in [6, 6.07) is 15.1. The Bertz CT molecular complexity index is 841. The average molecular weight is 524 g/mol. The minimum absolute atomic E-state index is 0. The number of carbonyl (C=O) groups excluding carboxylic acids is 1. The van der Waals surface area contributed by atoms with Crippen LogP contribution in [0.15, 0.2) is 53.5 Å². The standard InChI is InChI=1S/C23H29FN4O.HI/c1-2-25-23(26-14-13-20-6-3-4-7-21(20)24)27-16-18-9-11-19(12-10-18)17-28-15-5-8-22(28)29;/h3-4,6-7,9-12H,2,5,8,13-17H2,1H3,(H2,25,26,27);1H. The van der Waals surface area contributed by atoms with Crippen LogP contribution in [-0.2, 0) is 24.3 Å². The highest BCUT2D eigenvalue weighted by Gasteiger charge is 2.19. The zero-order chi connectivity index (χ0) is 20.5. The van der Waals surface area contributed by atoms with Gasteiger partial charge in [-0.05, 0) is 42.5 Å². The first kappa shape index (κ1) is 24.1. The van der Waals surface area contributed by atoms with Gasteiger partial charge in [0.25, 0.3) is 0 Å². The summed E-state index contributed by atoms with van der Waals surface area (Å²) in [6.45, 7) is 5.47. The number of nitrogens with one attached hydrogen (secondary N) is 2. The van der Waals surface area contributed by atoms with Crippen molar-refractivity contribution in [2.75, 3.05) is 19.6 Å². The van der Waals surface area contributed by atoms with E-state index in [0.29, 0.717) is 38.0 Å². The van der Waals surface area contributed by atoms with Crippen molar-refractivity contribution in [1.29, 1.82) is 0 Å². The van der Waals surface area contributed by atoms with Gasteiger partial charge in [0.05, 0.1) is 6.54 Å². The van der Waals surface area contributed by atoms with Crippen LogP contribution in [0.5, 0.6) is 0 Å². The van der Waals surface area contributed by atoms with Gasteiger partial charge in [-0.1, -0.05) is 42.5 Å². The van der Waals surface area contributed by atoms with Crippen LogP contribution in [0.25, 0.3) is 0 Å². The van der Waals surface area contributed by atoms with E-state index < -0.39 is 0 Å². The van der Waals surface area contributed by atoms with Gasteiger partial charge in [0.2, 0.25) is 5.91 Å². The predicted molar refractivity (Wildman–Crippen MR) is 129 cm³/mol. The number of amides is 1. The normalized spacial score (nSPS) is 13.9. The summed E-state index contributed by atoms with van der Waals surface area (Å²) < 4.78 is 13.7. The number of nitrogens with zero attached hydrogens (tertiary/aromatic N) is 2. The van der Waals surface area contributed by atoms with Gasteiger partial charge in [0.15, 0.2) is 5.96 Å². The minimum Gasteiger partial charge on any atom is -0.357 e. The molecule has 30 heavy (non-hydrogen) atoms. The van der Waals surface area contributed by atoms with E-state index in [0.717, 1.165) is 36.6 Å². The molecule has 1 aliphatic heterocycles. The van der Waals surface area contributed by atoms with Gasteiger partial charge in [-0.15, -0.1) is 24.0 Å². The lowest BCUT2D eigenvalue weighted by molar-refractivity contribution is -0.128. The molecule has 1 fully saturated rings. The molecular formula is C23H30FIN4O. The third-order valence-electron chi connectivity index (χ3n) is 4.98. The summed E-state index contributed by atoms with van der Waals surface area (Å²) >= 11 is 0. The van der Waals surface area contributed by atoms with E-state index >= 15 is 0 Å². The molecule has 1 saturated heterocycles. The van der Waals surface area contributed by atoms with Crippen LogP contribution in [0.2, 0.25) is 0 Å². The van der Waals surface area contributed by atoms with E-state index in [-0.39, 0.29) is 35.7 Å². The second kappa shape index (κ2) is 12.5. The molecule has 0 aromatic heterocycles. The highest BCUT2D eigenvalue weighted by Crippen LogP contribution is 2.15. The maximum absolute atomic E-state index is 13.7. The van der Waals surface area contributed by atoms with Crippen LogP contribution < -0.4 is 10.6 Å². The first-order chi connectivity index (χ1) is 14.2. The number of benzene rings is 2. The number of guanidine groups is 1. The summed E-state index contributed by atoms with van der Waals surface area (Å²) in [5.74, 6) is 0.790. The monoisotopic (exact) mass is 524 g/mol. The van der Waals surface area contributed by atoms with Gasteiger partial charge in [0, 0.05) is 32.6 Å². The lowest BCUT2D eigenvalue weighted by Crippen LogP contribution is -2.38. The van der Waals surface area contributed by atoms with Gasteiger partial charge in [0.1, 0.15) is 5.82 Å². The fourth-order valence-electron chi connectivity index (χ4n) is 3.37. The SMILES string of the molecule is CCNC(=NCc1ccc(CN2CCCC2=O)cc1)NCCc1ccccc1F.I. The molecule has 1 amide bonds. The molecule has 0 unspecified atom stereocenters. The Balaban J connectivity index is 0.00000320. The number of rotatable bonds is 8. The largest absolute Gasteiger partial charge is 0.357 e. The van der Waals surface area contributed by atoms with Crippen LogP contribution in [0, 0.1) is 5.82 Å². The second-order valence-electron chi connectivity index (χ2n) is 7.20. The van der Waals surface area contributed by atoms with Gasteiger partial charge in [-0.2, -0.15) is 0 Å². The lowest BCUT2D eigenvalue weighted by Gasteiger charge is -2.15. The Labute approximate surface area is 195 Å². The van der Waals surface area contributed by atoms with Crippen molar-refractivity contribution >= 4 is 35.8 Å². The van der Waals surface area contributed by atoms with E-state index in [4.69, 9.17) is 0 Å². The van der Waals surface area contributed by atoms with Crippen LogP contribution >= 0.6 is 24.0 Å². The first-order valence-electron chi connectivity index (χ1n) is 10.3. The van der Waals surface area contributed by atoms with Crippen LogP contribution in [0.3, 0.4) is 0 Å². The molecule has 2 aromatic rings. The summed E-state index contributed by atoms with van der Waals surface area (Å²) in [4.78, 5) is 18.3. The van der Waals surface area contributed by atoms with Crippen molar-refractivity contribution in [2.45, 2.75) is 39.3 Å². The highest BCUT2D eigenvalue weighted by molar-refractivity contribution is 14.0. The predicted octanol–water partition coefficient (Wildman–Crippen LogP) is 3.86. The zero-order valence-corrected chi connectivity index (χ0v) is 19.7. The summed E-state index contributed by atoms with van der Waals surface area (Å²) in [6.07, 6.45) is 2.23. The minimum atomic E-state index is -0.174. The first-order valence-corrected chi connectivity index (χ1v) is 10.3. The van der Waals surface area contributed by atoms with E-state index in [1.54, 1.807) is 12.1 Å². The number of hydrogen-bond acceptors (Lipinski definition) is 2. The topological polar surface area (TPSA) is 56.7 Å². The van der Waals surface area contributed by atoms with Crippen LogP contribution in [0.1, 0.15) is 36.5 Å². The number of aliphatic imine (C=N–C) groups is 1. The van der Waals surface area contributed by atoms with Crippen LogP contribution in [-0.4, -0.2) is 36.4 Å². The van der Waals surface area contributed by atoms with E-state index in [1.165, 1.54) is 6.07 Å². The molecule has 5 nitrogen and oxygen atoms in total. The second-order valence-corrected chi connectivity index (χ2v) is 7.20. The molecule has 0 aliphatic carbocycles. The van der Waals surface area contributed by atoms with Crippen molar-refractivity contribution in [1.82, 2.24) is 15.5 Å². The molecule has 2 aromatic carbocycles. The summed E-state index contributed by atoms with van der Waals surface area (Å²) in [5, 5.41) is 6.48. The van der Waals surface area contributed by atoms with E-state index in [9.17, 15) is 9.18 Å². The summed E-state index contributed by atoms with van der Waals surface area (Å²) in [7, 11) is 0. The molecule has 7 heteroatoms. The number of likely N-dealkylation sites (tertiary alicyclic amines) is 1. The number of carbonyl (C=O) groups is 1.